The lowest BCUT2D eigenvalue weighted by molar-refractivity contribution is -0.255. The molecule has 1 saturated heterocycles. The summed E-state index contributed by atoms with van der Waals surface area (Å²) in [6, 6.07) is 0. The Morgan fingerprint density at radius 2 is 1.58 bits per heavy atom. The lowest BCUT2D eigenvalue weighted by atomic mass is 10.1. The van der Waals surface area contributed by atoms with Crippen LogP contribution in [0.5, 0.6) is 0 Å². The topological polar surface area (TPSA) is 71.1 Å². The fourth-order valence-electron chi connectivity index (χ4n) is 1.86. The summed E-state index contributed by atoms with van der Waals surface area (Å²) in [7, 11) is 0. The maximum atomic E-state index is 11.1. The molecule has 0 N–H and O–H groups in total. The predicted octanol–water partition coefficient (Wildman–Crippen LogP) is 1.41. The molecule has 19 heavy (non-hydrogen) atoms. The van der Waals surface area contributed by atoms with Crippen molar-refractivity contribution in [1.29, 1.82) is 0 Å². The molecule has 0 bridgehead atoms. The van der Waals surface area contributed by atoms with Crippen LogP contribution in [0.2, 0.25) is 0 Å². The zero-order valence-corrected chi connectivity index (χ0v) is 12.1. The monoisotopic (exact) mass is 274 g/mol. The van der Waals surface area contributed by atoms with Crippen LogP contribution in [0.1, 0.15) is 41.0 Å². The van der Waals surface area contributed by atoms with Gasteiger partial charge in [0.2, 0.25) is 0 Å². The molecule has 0 aromatic carbocycles. The molecule has 0 aliphatic carbocycles. The first-order valence-electron chi connectivity index (χ1n) is 6.31. The van der Waals surface area contributed by atoms with Crippen molar-refractivity contribution < 1.29 is 28.5 Å². The maximum Gasteiger partial charge on any atom is 0.303 e. The van der Waals surface area contributed by atoms with E-state index in [0.717, 1.165) is 0 Å². The first kappa shape index (κ1) is 15.9. The van der Waals surface area contributed by atoms with Crippen molar-refractivity contribution in [1.82, 2.24) is 0 Å². The van der Waals surface area contributed by atoms with E-state index in [1.807, 2.05) is 20.8 Å². The average molecular weight is 274 g/mol. The third-order valence-electron chi connectivity index (χ3n) is 2.41. The van der Waals surface area contributed by atoms with Crippen LogP contribution < -0.4 is 0 Å². The maximum absolute atomic E-state index is 11.1. The third kappa shape index (κ3) is 6.02. The third-order valence-corrected chi connectivity index (χ3v) is 2.41. The van der Waals surface area contributed by atoms with Gasteiger partial charge in [-0.1, -0.05) is 0 Å². The van der Waals surface area contributed by atoms with E-state index in [0.29, 0.717) is 6.42 Å². The lowest BCUT2D eigenvalue weighted by Crippen LogP contribution is -2.48. The molecule has 0 aromatic heterocycles. The second-order valence-electron chi connectivity index (χ2n) is 5.52. The second kappa shape index (κ2) is 6.34. The number of rotatable bonds is 3. The molecule has 0 amide bonds. The molecule has 6 heteroatoms. The molecule has 0 saturated carbocycles. The predicted molar refractivity (Wildman–Crippen MR) is 66.3 cm³/mol. The van der Waals surface area contributed by atoms with Gasteiger partial charge in [-0.15, -0.1) is 0 Å². The summed E-state index contributed by atoms with van der Waals surface area (Å²) in [6.07, 6.45) is -1.26. The first-order valence-corrected chi connectivity index (χ1v) is 6.31. The van der Waals surface area contributed by atoms with Gasteiger partial charge in [-0.05, 0) is 20.8 Å². The standard InChI is InChI=1S/C13H22O6/c1-8(14)17-10-6-12(19-13(3,4)5)16-7-11(10)18-9(2)15/h10-12H,6-7H2,1-5H3/t10-,11+,12-/m1/s1. The van der Waals surface area contributed by atoms with Crippen LogP contribution in [0.25, 0.3) is 0 Å². The van der Waals surface area contributed by atoms with Crippen molar-refractivity contribution in [2.45, 2.75) is 65.1 Å². The van der Waals surface area contributed by atoms with Crippen LogP contribution >= 0.6 is 0 Å². The Kier molecular flexibility index (Phi) is 5.31. The Morgan fingerprint density at radius 1 is 1.05 bits per heavy atom. The van der Waals surface area contributed by atoms with Crippen molar-refractivity contribution in [3.8, 4) is 0 Å². The normalized spacial score (nSPS) is 27.7. The van der Waals surface area contributed by atoms with E-state index in [9.17, 15) is 9.59 Å². The number of hydrogen-bond donors (Lipinski definition) is 0. The summed E-state index contributed by atoms with van der Waals surface area (Å²) in [5.74, 6) is -0.848. The molecule has 0 radical (unpaired) electrons. The fourth-order valence-corrected chi connectivity index (χ4v) is 1.86. The van der Waals surface area contributed by atoms with Gasteiger partial charge >= 0.3 is 11.9 Å². The quantitative estimate of drug-likeness (QED) is 0.725. The van der Waals surface area contributed by atoms with E-state index >= 15 is 0 Å². The minimum absolute atomic E-state index is 0.151. The first-order chi connectivity index (χ1) is 8.67. The van der Waals surface area contributed by atoms with Crippen molar-refractivity contribution in [2.24, 2.45) is 0 Å². The zero-order valence-electron chi connectivity index (χ0n) is 12.1. The van der Waals surface area contributed by atoms with Crippen molar-refractivity contribution in [3.05, 3.63) is 0 Å². The van der Waals surface area contributed by atoms with Gasteiger partial charge in [0, 0.05) is 20.3 Å². The summed E-state index contributed by atoms with van der Waals surface area (Å²) in [5, 5.41) is 0. The van der Waals surface area contributed by atoms with E-state index in [1.165, 1.54) is 13.8 Å². The Morgan fingerprint density at radius 3 is 2.05 bits per heavy atom. The minimum atomic E-state index is -0.582. The Hall–Kier alpha value is -1.14. The van der Waals surface area contributed by atoms with E-state index in [4.69, 9.17) is 18.9 Å². The minimum Gasteiger partial charge on any atom is -0.458 e. The zero-order chi connectivity index (χ0) is 14.6. The van der Waals surface area contributed by atoms with Gasteiger partial charge in [0.15, 0.2) is 12.4 Å². The van der Waals surface area contributed by atoms with Gasteiger partial charge in [0.1, 0.15) is 6.10 Å². The molecule has 1 heterocycles. The lowest BCUT2D eigenvalue weighted by Gasteiger charge is -2.37. The fraction of sp³-hybridized carbons (Fsp3) is 0.846. The van der Waals surface area contributed by atoms with E-state index in [1.54, 1.807) is 0 Å². The molecular weight excluding hydrogens is 252 g/mol. The number of carbonyl (C=O) groups is 2. The van der Waals surface area contributed by atoms with E-state index < -0.39 is 30.4 Å². The Balaban J connectivity index is 2.64. The molecule has 3 atom stereocenters. The Labute approximate surface area is 113 Å². The molecule has 1 aliphatic heterocycles. The highest BCUT2D eigenvalue weighted by molar-refractivity contribution is 5.67. The van der Waals surface area contributed by atoms with Gasteiger partial charge in [-0.3, -0.25) is 9.59 Å². The van der Waals surface area contributed by atoms with Gasteiger partial charge < -0.3 is 18.9 Å². The van der Waals surface area contributed by atoms with Crippen LogP contribution in [-0.4, -0.2) is 42.6 Å². The van der Waals surface area contributed by atoms with E-state index in [2.05, 4.69) is 0 Å². The number of esters is 2. The summed E-state index contributed by atoms with van der Waals surface area (Å²) >= 11 is 0. The largest absolute Gasteiger partial charge is 0.458 e. The van der Waals surface area contributed by atoms with Crippen LogP contribution in [0, 0.1) is 0 Å². The smallest absolute Gasteiger partial charge is 0.303 e. The summed E-state index contributed by atoms with van der Waals surface area (Å²) in [6.45, 7) is 8.51. The van der Waals surface area contributed by atoms with Crippen molar-refractivity contribution >= 4 is 11.9 Å². The molecular formula is C13H22O6. The van der Waals surface area contributed by atoms with Crippen LogP contribution in [0.4, 0.5) is 0 Å². The van der Waals surface area contributed by atoms with Gasteiger partial charge in [-0.25, -0.2) is 0 Å². The van der Waals surface area contributed by atoms with Crippen molar-refractivity contribution in [2.75, 3.05) is 6.61 Å². The Bertz CT molecular complexity index is 333. The summed E-state index contributed by atoms with van der Waals surface area (Å²) in [5.41, 5.74) is -0.361. The molecule has 6 nitrogen and oxygen atoms in total. The second-order valence-corrected chi connectivity index (χ2v) is 5.52. The molecule has 1 rings (SSSR count). The number of carbonyl (C=O) groups excluding carboxylic acids is 2. The molecule has 0 spiro atoms. The van der Waals surface area contributed by atoms with Crippen LogP contribution in [0.3, 0.4) is 0 Å². The molecule has 0 aromatic rings. The SMILES string of the molecule is CC(=O)O[C@H]1CO[C@H](OC(C)(C)C)C[C@H]1OC(C)=O. The highest BCUT2D eigenvalue weighted by atomic mass is 16.7. The van der Waals surface area contributed by atoms with Crippen LogP contribution in [-0.2, 0) is 28.5 Å². The van der Waals surface area contributed by atoms with Gasteiger partial charge in [0.05, 0.1) is 12.2 Å². The highest BCUT2D eigenvalue weighted by Crippen LogP contribution is 2.24. The molecule has 1 aliphatic rings. The van der Waals surface area contributed by atoms with Crippen LogP contribution in [0.15, 0.2) is 0 Å². The summed E-state index contributed by atoms with van der Waals surface area (Å²) < 4.78 is 21.4. The molecule has 110 valence electrons. The van der Waals surface area contributed by atoms with Gasteiger partial charge in [-0.2, -0.15) is 0 Å². The molecule has 0 unspecified atom stereocenters. The highest BCUT2D eigenvalue weighted by Gasteiger charge is 2.37. The molecule has 1 fully saturated rings. The number of ether oxygens (including phenoxy) is 4. The summed E-state index contributed by atoms with van der Waals surface area (Å²) in [4.78, 5) is 22.1. The van der Waals surface area contributed by atoms with Gasteiger partial charge in [0.25, 0.3) is 0 Å². The number of hydrogen-bond acceptors (Lipinski definition) is 6. The van der Waals surface area contributed by atoms with Crippen molar-refractivity contribution in [3.63, 3.8) is 0 Å². The average Bonchev–Trinajstić information content (AvgIpc) is 2.18. The van der Waals surface area contributed by atoms with E-state index in [-0.39, 0.29) is 12.2 Å².